The molecule has 0 saturated heterocycles. The van der Waals surface area contributed by atoms with Crippen LogP contribution >= 0.6 is 0 Å². The van der Waals surface area contributed by atoms with Crippen molar-refractivity contribution in [1.29, 1.82) is 0 Å². The van der Waals surface area contributed by atoms with Gasteiger partial charge in [-0.15, -0.1) is 0 Å². The first-order chi connectivity index (χ1) is 9.24. The van der Waals surface area contributed by atoms with Gasteiger partial charge in [0.1, 0.15) is 17.3 Å². The van der Waals surface area contributed by atoms with Crippen LogP contribution in [0.3, 0.4) is 0 Å². The Bertz CT molecular complexity index is 658. The van der Waals surface area contributed by atoms with Crippen LogP contribution in [0.15, 0.2) is 18.2 Å². The van der Waals surface area contributed by atoms with E-state index in [1.165, 1.54) is 10.2 Å². The average molecular weight is 256 g/mol. The van der Waals surface area contributed by atoms with Crippen LogP contribution < -0.4 is 16.3 Å². The Balaban J connectivity index is 1.81. The van der Waals surface area contributed by atoms with E-state index in [0.29, 0.717) is 11.7 Å². The van der Waals surface area contributed by atoms with E-state index in [9.17, 15) is 0 Å². The van der Waals surface area contributed by atoms with Gasteiger partial charge in [0.2, 0.25) is 0 Å². The molecular formula is C14H16N4O. The smallest absolute Gasteiger partial charge is 0.150 e. The Morgan fingerprint density at radius 3 is 2.95 bits per heavy atom. The van der Waals surface area contributed by atoms with Gasteiger partial charge < -0.3 is 16.3 Å². The molecule has 1 aliphatic heterocycles. The van der Waals surface area contributed by atoms with Crippen molar-refractivity contribution in [3.05, 3.63) is 29.6 Å². The minimum Gasteiger partial charge on any atom is -0.493 e. The first-order valence-electron chi connectivity index (χ1n) is 6.63. The number of nitrogen functional groups attached to an aromatic ring is 2. The molecule has 2 aromatic rings. The van der Waals surface area contributed by atoms with Crippen molar-refractivity contribution in [3.63, 3.8) is 0 Å². The molecule has 1 aromatic heterocycles. The second-order valence-corrected chi connectivity index (χ2v) is 5.27. The monoisotopic (exact) mass is 256 g/mol. The van der Waals surface area contributed by atoms with Gasteiger partial charge >= 0.3 is 0 Å². The van der Waals surface area contributed by atoms with Gasteiger partial charge in [-0.2, -0.15) is 0 Å². The SMILES string of the molecule is Nc1c(-c2ccc3c(c2)CCO3)nc(C2CC2)n1N. The molecule has 1 aromatic carbocycles. The third kappa shape index (κ3) is 1.58. The molecule has 4 N–H and O–H groups in total. The molecule has 5 nitrogen and oxygen atoms in total. The van der Waals surface area contributed by atoms with Crippen molar-refractivity contribution in [1.82, 2.24) is 9.66 Å². The van der Waals surface area contributed by atoms with Crippen LogP contribution in [0.5, 0.6) is 5.75 Å². The van der Waals surface area contributed by atoms with E-state index in [0.717, 1.165) is 48.7 Å². The maximum atomic E-state index is 6.09. The molecule has 0 bridgehead atoms. The number of ether oxygens (including phenoxy) is 1. The number of imidazole rings is 1. The normalized spacial score (nSPS) is 17.3. The molecule has 0 radical (unpaired) electrons. The molecule has 1 fully saturated rings. The Morgan fingerprint density at radius 1 is 1.32 bits per heavy atom. The van der Waals surface area contributed by atoms with Crippen LogP contribution in [0, 0.1) is 0 Å². The molecule has 4 rings (SSSR count). The van der Waals surface area contributed by atoms with Crippen LogP contribution in [0.2, 0.25) is 0 Å². The lowest BCUT2D eigenvalue weighted by Crippen LogP contribution is -2.14. The summed E-state index contributed by atoms with van der Waals surface area (Å²) in [4.78, 5) is 4.64. The lowest BCUT2D eigenvalue weighted by Gasteiger charge is -2.03. The molecule has 1 aliphatic carbocycles. The first-order valence-corrected chi connectivity index (χ1v) is 6.63. The van der Waals surface area contributed by atoms with E-state index in [1.54, 1.807) is 0 Å². The largest absolute Gasteiger partial charge is 0.493 e. The minimum absolute atomic E-state index is 0.485. The highest BCUT2D eigenvalue weighted by Gasteiger charge is 2.30. The zero-order chi connectivity index (χ0) is 13.0. The Kier molecular flexibility index (Phi) is 2.07. The minimum atomic E-state index is 0.485. The topological polar surface area (TPSA) is 79.1 Å². The van der Waals surface area contributed by atoms with Crippen LogP contribution in [-0.2, 0) is 6.42 Å². The molecule has 2 aliphatic rings. The third-order valence-corrected chi connectivity index (χ3v) is 3.88. The van der Waals surface area contributed by atoms with Gasteiger partial charge in [0.25, 0.3) is 0 Å². The number of nitrogens with two attached hydrogens (primary N) is 2. The fraction of sp³-hybridized carbons (Fsp3) is 0.357. The molecule has 0 spiro atoms. The quantitative estimate of drug-likeness (QED) is 0.801. The molecule has 19 heavy (non-hydrogen) atoms. The van der Waals surface area contributed by atoms with Crippen molar-refractivity contribution in [2.45, 2.75) is 25.2 Å². The number of nitrogens with zero attached hydrogens (tertiary/aromatic N) is 2. The van der Waals surface area contributed by atoms with Crippen molar-refractivity contribution < 1.29 is 4.74 Å². The molecule has 2 heterocycles. The number of anilines is 1. The standard InChI is InChI=1S/C14H16N4O/c15-13-12(17-14(18(13)16)8-1-2-8)10-3-4-11-9(7-10)5-6-19-11/h3-4,7-8H,1-2,5-6,15-16H2. The van der Waals surface area contributed by atoms with E-state index in [2.05, 4.69) is 11.1 Å². The van der Waals surface area contributed by atoms with Gasteiger partial charge in [-0.3, -0.25) is 0 Å². The van der Waals surface area contributed by atoms with Crippen molar-refractivity contribution >= 4 is 5.82 Å². The van der Waals surface area contributed by atoms with Gasteiger partial charge in [0.05, 0.1) is 6.61 Å². The van der Waals surface area contributed by atoms with E-state index in [-0.39, 0.29) is 0 Å². The lowest BCUT2D eigenvalue weighted by atomic mass is 10.1. The van der Waals surface area contributed by atoms with Crippen LogP contribution in [0.25, 0.3) is 11.3 Å². The Morgan fingerprint density at radius 2 is 2.16 bits per heavy atom. The highest BCUT2D eigenvalue weighted by Crippen LogP contribution is 2.41. The summed E-state index contributed by atoms with van der Waals surface area (Å²) in [5.41, 5.74) is 9.12. The Labute approximate surface area is 111 Å². The second kappa shape index (κ2) is 3.66. The number of aromatic nitrogens is 2. The molecule has 1 saturated carbocycles. The molecule has 0 unspecified atom stereocenters. The van der Waals surface area contributed by atoms with Crippen molar-refractivity contribution in [2.75, 3.05) is 18.2 Å². The highest BCUT2D eigenvalue weighted by molar-refractivity contribution is 5.73. The van der Waals surface area contributed by atoms with Gasteiger partial charge in [-0.05, 0) is 36.6 Å². The van der Waals surface area contributed by atoms with Crippen LogP contribution in [-0.4, -0.2) is 16.3 Å². The first kappa shape index (κ1) is 10.7. The molecule has 0 amide bonds. The molecular weight excluding hydrogens is 240 g/mol. The summed E-state index contributed by atoms with van der Waals surface area (Å²) in [5.74, 6) is 8.90. The number of benzene rings is 1. The van der Waals surface area contributed by atoms with Gasteiger partial charge in [-0.1, -0.05) is 0 Å². The lowest BCUT2D eigenvalue weighted by molar-refractivity contribution is 0.357. The molecule has 0 atom stereocenters. The summed E-state index contributed by atoms with van der Waals surface area (Å²) >= 11 is 0. The maximum absolute atomic E-state index is 6.09. The summed E-state index contributed by atoms with van der Waals surface area (Å²) in [6.07, 6.45) is 3.26. The predicted molar refractivity (Wildman–Crippen MR) is 73.4 cm³/mol. The van der Waals surface area contributed by atoms with Crippen molar-refractivity contribution in [2.24, 2.45) is 0 Å². The fourth-order valence-electron chi connectivity index (χ4n) is 2.64. The number of rotatable bonds is 2. The fourth-order valence-corrected chi connectivity index (χ4v) is 2.64. The van der Waals surface area contributed by atoms with Gasteiger partial charge in [0, 0.05) is 17.9 Å². The summed E-state index contributed by atoms with van der Waals surface area (Å²) in [6, 6.07) is 6.10. The van der Waals surface area contributed by atoms with Crippen LogP contribution in [0.1, 0.15) is 30.1 Å². The van der Waals surface area contributed by atoms with E-state index >= 15 is 0 Å². The number of hydrogen-bond donors (Lipinski definition) is 2. The molecule has 98 valence electrons. The summed E-state index contributed by atoms with van der Waals surface area (Å²) in [7, 11) is 0. The third-order valence-electron chi connectivity index (χ3n) is 3.88. The predicted octanol–water partition coefficient (Wildman–Crippen LogP) is 1.66. The van der Waals surface area contributed by atoms with E-state index < -0.39 is 0 Å². The molecule has 5 heteroatoms. The van der Waals surface area contributed by atoms with Crippen molar-refractivity contribution in [3.8, 4) is 17.0 Å². The summed E-state index contributed by atoms with van der Waals surface area (Å²) < 4.78 is 7.05. The number of fused-ring (bicyclic) bond motifs is 1. The van der Waals surface area contributed by atoms with Gasteiger partial charge in [-0.25, -0.2) is 9.66 Å². The zero-order valence-corrected chi connectivity index (χ0v) is 10.6. The Hall–Kier alpha value is -2.17. The summed E-state index contributed by atoms with van der Waals surface area (Å²) in [5, 5.41) is 0. The highest BCUT2D eigenvalue weighted by atomic mass is 16.5. The van der Waals surface area contributed by atoms with Gasteiger partial charge in [0.15, 0.2) is 5.82 Å². The van der Waals surface area contributed by atoms with E-state index in [1.807, 2.05) is 12.1 Å². The average Bonchev–Trinajstić information content (AvgIpc) is 3.08. The second-order valence-electron chi connectivity index (χ2n) is 5.27. The maximum Gasteiger partial charge on any atom is 0.150 e. The van der Waals surface area contributed by atoms with Crippen LogP contribution in [0.4, 0.5) is 5.82 Å². The number of hydrogen-bond acceptors (Lipinski definition) is 4. The van der Waals surface area contributed by atoms with E-state index in [4.69, 9.17) is 16.3 Å². The summed E-state index contributed by atoms with van der Waals surface area (Å²) in [6.45, 7) is 0.757. The zero-order valence-electron chi connectivity index (χ0n) is 10.6.